The molecule has 0 saturated carbocycles. The molecule has 1 N–H and O–H groups in total. The van der Waals surface area contributed by atoms with Crippen molar-refractivity contribution in [1.82, 2.24) is 15.6 Å². The van der Waals surface area contributed by atoms with Gasteiger partial charge in [-0.3, -0.25) is 0 Å². The summed E-state index contributed by atoms with van der Waals surface area (Å²) in [7, 11) is 0. The van der Waals surface area contributed by atoms with E-state index in [1.165, 1.54) is 18.9 Å². The van der Waals surface area contributed by atoms with Crippen molar-refractivity contribution in [2.24, 2.45) is 0 Å². The van der Waals surface area contributed by atoms with Crippen LogP contribution in [0.25, 0.3) is 0 Å². The van der Waals surface area contributed by atoms with Crippen LogP contribution in [0.3, 0.4) is 0 Å². The van der Waals surface area contributed by atoms with Gasteiger partial charge in [0.2, 0.25) is 0 Å². The lowest BCUT2D eigenvalue weighted by molar-refractivity contribution is 0.172. The number of nitrogens with zero attached hydrogens (tertiary/aromatic N) is 2. The summed E-state index contributed by atoms with van der Waals surface area (Å²) >= 11 is 0. The molecular weight excluding hydrogens is 210 g/mol. The number of rotatable bonds is 0. The van der Waals surface area contributed by atoms with Crippen LogP contribution in [0.2, 0.25) is 0 Å². The molecule has 0 spiro atoms. The second kappa shape index (κ2) is 9.07. The van der Waals surface area contributed by atoms with Crippen molar-refractivity contribution in [2.45, 2.75) is 0 Å². The molecule has 0 amide bonds. The standard InChI is InChI=1S/C4H5NO.2C3H3NO/c1-2-4-6-5-3-1;1-2-5-3-4-1;1-2-4-5-3-1/h1-5H;2*1-3H. The Balaban J connectivity index is 0.000000121. The fourth-order valence-electron chi connectivity index (χ4n) is 0.609. The van der Waals surface area contributed by atoms with Gasteiger partial charge in [-0.05, 0) is 18.2 Å². The topological polar surface area (TPSA) is 73.3 Å². The van der Waals surface area contributed by atoms with Crippen LogP contribution in [0.4, 0.5) is 0 Å². The third-order valence-electron chi connectivity index (χ3n) is 1.18. The molecule has 0 unspecified atom stereocenters. The summed E-state index contributed by atoms with van der Waals surface area (Å²) in [4.78, 5) is 8.11. The first-order valence-corrected chi connectivity index (χ1v) is 4.39. The number of hydrogen-bond acceptors (Lipinski definition) is 6. The Bertz CT molecular complexity index is 295. The summed E-state index contributed by atoms with van der Waals surface area (Å²) in [6.45, 7) is 0. The van der Waals surface area contributed by atoms with Crippen molar-refractivity contribution in [3.63, 3.8) is 0 Å². The quantitative estimate of drug-likeness (QED) is 0.732. The smallest absolute Gasteiger partial charge is 0.180 e. The zero-order valence-corrected chi connectivity index (χ0v) is 8.39. The monoisotopic (exact) mass is 221 g/mol. The van der Waals surface area contributed by atoms with Crippen molar-refractivity contribution < 1.29 is 13.8 Å². The Hall–Kier alpha value is -2.50. The van der Waals surface area contributed by atoms with Gasteiger partial charge in [0.25, 0.3) is 0 Å². The minimum atomic E-state index is 1.38. The lowest BCUT2D eigenvalue weighted by atomic mass is 10.6. The van der Waals surface area contributed by atoms with E-state index >= 15 is 0 Å². The molecule has 2 aromatic rings. The summed E-state index contributed by atoms with van der Waals surface area (Å²) in [5.41, 5.74) is 2.52. The summed E-state index contributed by atoms with van der Waals surface area (Å²) in [5, 5.41) is 3.35. The second-order valence-electron chi connectivity index (χ2n) is 2.29. The number of nitrogens with one attached hydrogen (secondary N) is 1. The first-order valence-electron chi connectivity index (χ1n) is 4.39. The summed E-state index contributed by atoms with van der Waals surface area (Å²) < 4.78 is 8.81. The Labute approximate surface area is 92.2 Å². The van der Waals surface area contributed by atoms with E-state index in [9.17, 15) is 0 Å². The normalized spacial score (nSPS) is 11.0. The molecule has 0 bridgehead atoms. The van der Waals surface area contributed by atoms with E-state index in [0.717, 1.165) is 0 Å². The lowest BCUT2D eigenvalue weighted by Crippen LogP contribution is -2.01. The number of aromatic nitrogens is 2. The molecule has 1 aliphatic heterocycles. The van der Waals surface area contributed by atoms with Crippen LogP contribution in [-0.2, 0) is 4.84 Å². The van der Waals surface area contributed by atoms with Crippen LogP contribution in [0.5, 0.6) is 0 Å². The SMILES string of the molecule is C1=CNOC=C1.c1cnoc1.c1cocn1. The molecule has 16 heavy (non-hydrogen) atoms. The highest BCUT2D eigenvalue weighted by molar-refractivity contribution is 5.00. The molecule has 1 aliphatic rings. The molecule has 3 rings (SSSR count). The highest BCUT2D eigenvalue weighted by atomic mass is 16.6. The molecule has 0 fully saturated rings. The molecule has 6 heteroatoms. The van der Waals surface area contributed by atoms with Gasteiger partial charge in [0.1, 0.15) is 18.8 Å². The van der Waals surface area contributed by atoms with E-state index in [1.54, 1.807) is 37.0 Å². The molecular formula is C10H11N3O3. The third-order valence-corrected chi connectivity index (χ3v) is 1.18. The van der Waals surface area contributed by atoms with Crippen LogP contribution in [0.15, 0.2) is 70.9 Å². The molecule has 0 aromatic carbocycles. The first kappa shape index (κ1) is 11.6. The van der Waals surface area contributed by atoms with Gasteiger partial charge in [0, 0.05) is 6.20 Å². The Kier molecular flexibility index (Phi) is 6.56. The van der Waals surface area contributed by atoms with Crippen LogP contribution in [-0.4, -0.2) is 10.1 Å². The third kappa shape index (κ3) is 6.96. The average molecular weight is 221 g/mol. The van der Waals surface area contributed by atoms with Crippen molar-refractivity contribution in [3.8, 4) is 0 Å². The molecule has 0 atom stereocenters. The molecule has 84 valence electrons. The van der Waals surface area contributed by atoms with E-state index in [0.29, 0.717) is 0 Å². The zero-order valence-electron chi connectivity index (χ0n) is 8.39. The molecule has 3 heterocycles. The zero-order chi connectivity index (χ0) is 11.3. The molecule has 6 nitrogen and oxygen atoms in total. The predicted octanol–water partition coefficient (Wildman–Crippen LogP) is 1.90. The maximum atomic E-state index is 4.55. The van der Waals surface area contributed by atoms with Crippen LogP contribution in [0, 0.1) is 0 Å². The van der Waals surface area contributed by atoms with E-state index in [2.05, 4.69) is 29.4 Å². The summed E-state index contributed by atoms with van der Waals surface area (Å²) in [5.74, 6) is 0. The van der Waals surface area contributed by atoms with Crippen LogP contribution >= 0.6 is 0 Å². The maximum absolute atomic E-state index is 4.55. The minimum Gasteiger partial charge on any atom is -0.452 e. The van der Waals surface area contributed by atoms with Crippen LogP contribution < -0.4 is 5.48 Å². The Morgan fingerprint density at radius 3 is 2.25 bits per heavy atom. The predicted molar refractivity (Wildman–Crippen MR) is 55.5 cm³/mol. The number of hydroxylamine groups is 1. The number of hydrogen-bond donors (Lipinski definition) is 1. The average Bonchev–Trinajstić information content (AvgIpc) is 3.10. The van der Waals surface area contributed by atoms with Gasteiger partial charge in [-0.15, -0.1) is 0 Å². The number of oxazole rings is 1. The fourth-order valence-corrected chi connectivity index (χ4v) is 0.609. The first-order chi connectivity index (χ1) is 8.00. The highest BCUT2D eigenvalue weighted by Crippen LogP contribution is 1.80. The van der Waals surface area contributed by atoms with Gasteiger partial charge in [0.05, 0.1) is 12.4 Å². The highest BCUT2D eigenvalue weighted by Gasteiger charge is 1.72. The van der Waals surface area contributed by atoms with Crippen molar-refractivity contribution >= 4 is 0 Å². The minimum absolute atomic E-state index is 1.38. The van der Waals surface area contributed by atoms with Crippen LogP contribution in [0.1, 0.15) is 0 Å². The van der Waals surface area contributed by atoms with Gasteiger partial charge in [-0.25, -0.2) is 10.5 Å². The molecule has 2 aromatic heterocycles. The van der Waals surface area contributed by atoms with Gasteiger partial charge < -0.3 is 13.8 Å². The van der Waals surface area contributed by atoms with E-state index in [-0.39, 0.29) is 0 Å². The number of allylic oxidation sites excluding steroid dienone is 2. The molecule has 0 radical (unpaired) electrons. The maximum Gasteiger partial charge on any atom is 0.180 e. The fraction of sp³-hybridized carbons (Fsp3) is 0. The summed E-state index contributed by atoms with van der Waals surface area (Å²) in [6, 6.07) is 1.72. The van der Waals surface area contributed by atoms with E-state index in [1.807, 2.05) is 6.08 Å². The van der Waals surface area contributed by atoms with Gasteiger partial charge in [-0.2, -0.15) is 0 Å². The molecule has 0 aliphatic carbocycles. The van der Waals surface area contributed by atoms with E-state index in [4.69, 9.17) is 0 Å². The van der Waals surface area contributed by atoms with Crippen molar-refractivity contribution in [2.75, 3.05) is 0 Å². The Morgan fingerprint density at radius 1 is 1.06 bits per heavy atom. The van der Waals surface area contributed by atoms with Crippen molar-refractivity contribution in [1.29, 1.82) is 0 Å². The molecule has 0 saturated heterocycles. The Morgan fingerprint density at radius 2 is 2.06 bits per heavy atom. The van der Waals surface area contributed by atoms with Crippen molar-refractivity contribution in [3.05, 3.63) is 62.0 Å². The second-order valence-corrected chi connectivity index (χ2v) is 2.29. The largest absolute Gasteiger partial charge is 0.452 e. The van der Waals surface area contributed by atoms with Gasteiger partial charge in [-0.1, -0.05) is 5.16 Å². The lowest BCUT2D eigenvalue weighted by Gasteiger charge is -1.97. The van der Waals surface area contributed by atoms with Gasteiger partial charge in [0.15, 0.2) is 6.39 Å². The van der Waals surface area contributed by atoms with E-state index < -0.39 is 0 Å². The van der Waals surface area contributed by atoms with Gasteiger partial charge >= 0.3 is 0 Å². The summed E-state index contributed by atoms with van der Waals surface area (Å²) in [6.07, 6.45) is 14.5.